The quantitative estimate of drug-likeness (QED) is 0.857. The van der Waals surface area contributed by atoms with Gasteiger partial charge in [0.25, 0.3) is 0 Å². The van der Waals surface area contributed by atoms with Gasteiger partial charge in [-0.15, -0.1) is 12.4 Å². The molecule has 0 saturated carbocycles. The second-order valence-corrected chi connectivity index (χ2v) is 4.38. The van der Waals surface area contributed by atoms with Gasteiger partial charge in [-0.05, 0) is 23.1 Å². The summed E-state index contributed by atoms with van der Waals surface area (Å²) in [6, 6.07) is 19.2. The number of benzene rings is 2. The molecule has 96 valence electrons. The fourth-order valence-corrected chi connectivity index (χ4v) is 2.03. The molecule has 0 unspecified atom stereocenters. The van der Waals surface area contributed by atoms with Gasteiger partial charge in [-0.3, -0.25) is 0 Å². The van der Waals surface area contributed by atoms with Crippen molar-refractivity contribution in [3.63, 3.8) is 0 Å². The van der Waals surface area contributed by atoms with Gasteiger partial charge in [-0.25, -0.2) is 0 Å². The van der Waals surface area contributed by atoms with E-state index in [1.807, 2.05) is 6.07 Å². The maximum absolute atomic E-state index is 6.09. The van der Waals surface area contributed by atoms with Crippen LogP contribution in [0.1, 0.15) is 31.4 Å². The zero-order valence-corrected chi connectivity index (χ0v) is 11.5. The van der Waals surface area contributed by atoms with E-state index in [-0.39, 0.29) is 18.4 Å². The second kappa shape index (κ2) is 7.20. The minimum atomic E-state index is 0. The third-order valence-electron chi connectivity index (χ3n) is 3.05. The van der Waals surface area contributed by atoms with Gasteiger partial charge in [0.1, 0.15) is 0 Å². The van der Waals surface area contributed by atoms with Crippen molar-refractivity contribution in [2.24, 2.45) is 5.73 Å². The summed E-state index contributed by atoms with van der Waals surface area (Å²) in [4.78, 5) is 0. The van der Waals surface area contributed by atoms with Crippen molar-refractivity contribution in [1.29, 1.82) is 0 Å². The molecule has 0 saturated heterocycles. The fraction of sp³-hybridized carbons (Fsp3) is 0.250. The molecule has 2 rings (SSSR count). The molecule has 0 aliphatic heterocycles. The first-order valence-electron chi connectivity index (χ1n) is 6.22. The SMILES string of the molecule is CCC[C@H](N)c1ccc(-c2ccccc2)cc1.Cl. The first-order valence-corrected chi connectivity index (χ1v) is 6.22. The van der Waals surface area contributed by atoms with Crippen LogP contribution in [0, 0.1) is 0 Å². The first-order chi connectivity index (χ1) is 8.31. The molecular weight excluding hydrogens is 242 g/mol. The lowest BCUT2D eigenvalue weighted by molar-refractivity contribution is 0.638. The van der Waals surface area contributed by atoms with Crippen LogP contribution in [-0.4, -0.2) is 0 Å². The molecule has 0 radical (unpaired) electrons. The Kier molecular flexibility index (Phi) is 5.90. The van der Waals surface area contributed by atoms with E-state index in [1.54, 1.807) is 0 Å². The summed E-state index contributed by atoms with van der Waals surface area (Å²) in [6.45, 7) is 2.16. The average Bonchev–Trinajstić information content (AvgIpc) is 2.40. The van der Waals surface area contributed by atoms with Crippen molar-refractivity contribution in [3.8, 4) is 11.1 Å². The third kappa shape index (κ3) is 3.59. The van der Waals surface area contributed by atoms with Crippen molar-refractivity contribution in [1.82, 2.24) is 0 Å². The number of rotatable bonds is 4. The highest BCUT2D eigenvalue weighted by Gasteiger charge is 2.04. The summed E-state index contributed by atoms with van der Waals surface area (Å²) in [6.07, 6.45) is 2.17. The summed E-state index contributed by atoms with van der Waals surface area (Å²) < 4.78 is 0. The van der Waals surface area contributed by atoms with Crippen molar-refractivity contribution in [3.05, 3.63) is 60.2 Å². The van der Waals surface area contributed by atoms with Crippen LogP contribution in [0.25, 0.3) is 11.1 Å². The Labute approximate surface area is 115 Å². The minimum Gasteiger partial charge on any atom is -0.324 e. The molecule has 2 aromatic rings. The molecule has 0 aromatic heterocycles. The van der Waals surface area contributed by atoms with Crippen LogP contribution < -0.4 is 5.73 Å². The summed E-state index contributed by atoms with van der Waals surface area (Å²) in [5.41, 5.74) is 9.82. The van der Waals surface area contributed by atoms with Crippen molar-refractivity contribution in [2.75, 3.05) is 0 Å². The monoisotopic (exact) mass is 261 g/mol. The summed E-state index contributed by atoms with van der Waals surface area (Å²) in [7, 11) is 0. The largest absolute Gasteiger partial charge is 0.324 e. The lowest BCUT2D eigenvalue weighted by Crippen LogP contribution is -2.09. The maximum Gasteiger partial charge on any atom is 0.0294 e. The number of halogens is 1. The molecule has 1 nitrogen and oxygen atoms in total. The molecule has 1 atom stereocenters. The smallest absolute Gasteiger partial charge is 0.0294 e. The van der Waals surface area contributed by atoms with Crippen LogP contribution in [0.5, 0.6) is 0 Å². The van der Waals surface area contributed by atoms with Gasteiger partial charge >= 0.3 is 0 Å². The number of hydrogen-bond acceptors (Lipinski definition) is 1. The molecule has 0 aliphatic carbocycles. The summed E-state index contributed by atoms with van der Waals surface area (Å²) in [5, 5.41) is 0. The van der Waals surface area contributed by atoms with Crippen molar-refractivity contribution >= 4 is 12.4 Å². The molecule has 0 amide bonds. The number of nitrogens with two attached hydrogens (primary N) is 1. The molecule has 0 bridgehead atoms. The molecule has 2 N–H and O–H groups in total. The number of hydrogen-bond donors (Lipinski definition) is 1. The standard InChI is InChI=1S/C16H19N.ClH/c1-2-6-16(17)15-11-9-14(10-12-15)13-7-4-3-5-8-13;/h3-5,7-12,16H,2,6,17H2,1H3;1H/t16-;/m0./s1. The molecule has 18 heavy (non-hydrogen) atoms. The Balaban J connectivity index is 0.00000162. The van der Waals surface area contributed by atoms with Crippen LogP contribution in [-0.2, 0) is 0 Å². The second-order valence-electron chi connectivity index (χ2n) is 4.38. The van der Waals surface area contributed by atoms with Crippen LogP contribution in [0.3, 0.4) is 0 Å². The molecule has 2 heteroatoms. The normalized spacial score (nSPS) is 11.7. The van der Waals surface area contributed by atoms with E-state index in [9.17, 15) is 0 Å². The van der Waals surface area contributed by atoms with E-state index in [1.165, 1.54) is 16.7 Å². The minimum absolute atomic E-state index is 0. The molecule has 0 aliphatic rings. The van der Waals surface area contributed by atoms with Gasteiger partial charge in [-0.1, -0.05) is 67.9 Å². The third-order valence-corrected chi connectivity index (χ3v) is 3.05. The summed E-state index contributed by atoms with van der Waals surface area (Å²) >= 11 is 0. The van der Waals surface area contributed by atoms with Crippen molar-refractivity contribution < 1.29 is 0 Å². The van der Waals surface area contributed by atoms with Crippen LogP contribution in [0.4, 0.5) is 0 Å². The molecule has 2 aromatic carbocycles. The molecule has 0 heterocycles. The van der Waals surface area contributed by atoms with Gasteiger partial charge < -0.3 is 5.73 Å². The highest BCUT2D eigenvalue weighted by atomic mass is 35.5. The lowest BCUT2D eigenvalue weighted by Gasteiger charge is -2.11. The predicted molar refractivity (Wildman–Crippen MR) is 81.0 cm³/mol. The van der Waals surface area contributed by atoms with Crippen LogP contribution >= 0.6 is 12.4 Å². The average molecular weight is 262 g/mol. The molecule has 0 spiro atoms. The Morgan fingerprint density at radius 1 is 0.889 bits per heavy atom. The van der Waals surface area contributed by atoms with Gasteiger partial charge in [0.15, 0.2) is 0 Å². The van der Waals surface area contributed by atoms with Crippen molar-refractivity contribution in [2.45, 2.75) is 25.8 Å². The summed E-state index contributed by atoms with van der Waals surface area (Å²) in [5.74, 6) is 0. The molecular formula is C16H20ClN. The van der Waals surface area contributed by atoms with Gasteiger partial charge in [0, 0.05) is 6.04 Å². The van der Waals surface area contributed by atoms with E-state index in [0.717, 1.165) is 12.8 Å². The van der Waals surface area contributed by atoms with E-state index < -0.39 is 0 Å². The van der Waals surface area contributed by atoms with Crippen LogP contribution in [0.15, 0.2) is 54.6 Å². The van der Waals surface area contributed by atoms with E-state index >= 15 is 0 Å². The van der Waals surface area contributed by atoms with E-state index in [2.05, 4.69) is 55.5 Å². The Morgan fingerprint density at radius 2 is 1.44 bits per heavy atom. The fourth-order valence-electron chi connectivity index (χ4n) is 2.03. The van der Waals surface area contributed by atoms with Crippen LogP contribution in [0.2, 0.25) is 0 Å². The van der Waals surface area contributed by atoms with Gasteiger partial charge in [0.05, 0.1) is 0 Å². The Bertz CT molecular complexity index is 450. The van der Waals surface area contributed by atoms with E-state index in [4.69, 9.17) is 5.73 Å². The zero-order chi connectivity index (χ0) is 12.1. The highest BCUT2D eigenvalue weighted by molar-refractivity contribution is 5.85. The predicted octanol–water partition coefficient (Wildman–Crippen LogP) is 4.58. The first kappa shape index (κ1) is 14.7. The van der Waals surface area contributed by atoms with Gasteiger partial charge in [-0.2, -0.15) is 0 Å². The lowest BCUT2D eigenvalue weighted by atomic mass is 9.99. The zero-order valence-electron chi connectivity index (χ0n) is 10.7. The molecule has 0 fully saturated rings. The highest BCUT2D eigenvalue weighted by Crippen LogP contribution is 2.22. The topological polar surface area (TPSA) is 26.0 Å². The Hall–Kier alpha value is -1.31. The maximum atomic E-state index is 6.09. The Morgan fingerprint density at radius 3 is 2.00 bits per heavy atom. The van der Waals surface area contributed by atoms with E-state index in [0.29, 0.717) is 0 Å². The van der Waals surface area contributed by atoms with Gasteiger partial charge in [0.2, 0.25) is 0 Å².